The highest BCUT2D eigenvalue weighted by Crippen LogP contribution is 2.40. The monoisotopic (exact) mass is 487 g/mol. The number of allylic oxidation sites excluding steroid dienone is 5. The van der Waals surface area contributed by atoms with Gasteiger partial charge in [-0.1, -0.05) is 118 Å². The summed E-state index contributed by atoms with van der Waals surface area (Å²) in [7, 11) is 0. The maximum Gasteiger partial charge on any atom is 0.0447 e. The van der Waals surface area contributed by atoms with Gasteiger partial charge in [0.1, 0.15) is 0 Å². The van der Waals surface area contributed by atoms with Gasteiger partial charge in [-0.15, -0.1) is 0 Å². The van der Waals surface area contributed by atoms with E-state index in [0.717, 1.165) is 25.0 Å². The van der Waals surface area contributed by atoms with Crippen LogP contribution in [0.5, 0.6) is 0 Å². The van der Waals surface area contributed by atoms with Crippen molar-refractivity contribution in [2.45, 2.75) is 58.9 Å². The van der Waals surface area contributed by atoms with Crippen LogP contribution in [0.25, 0.3) is 11.3 Å². The molecule has 190 valence electrons. The van der Waals surface area contributed by atoms with Gasteiger partial charge in [0.2, 0.25) is 0 Å². The molecule has 1 aliphatic rings. The molecule has 0 fully saturated rings. The maximum absolute atomic E-state index is 4.37. The van der Waals surface area contributed by atoms with Gasteiger partial charge >= 0.3 is 0 Å². The Morgan fingerprint density at radius 3 is 2.41 bits per heavy atom. The standard InChI is InChI=1S/C36H41N/c1-7-36(6,30(5)37-26-16-15-23-35(37)33-21-13-11-17-28(33)3)34-22-14-12-20-32(34)25-24-27(2)29(4)31-18-9-8-10-19-31/h8-24,30H,4,7,25-26H2,1-3,5-6H3/b27-24-. The highest BCUT2D eigenvalue weighted by Gasteiger charge is 2.37. The van der Waals surface area contributed by atoms with Gasteiger partial charge in [-0.25, -0.2) is 0 Å². The fourth-order valence-corrected chi connectivity index (χ4v) is 5.56. The van der Waals surface area contributed by atoms with Crippen molar-refractivity contribution in [3.63, 3.8) is 0 Å². The van der Waals surface area contributed by atoms with Crippen molar-refractivity contribution >= 4 is 11.3 Å². The molecule has 4 rings (SSSR count). The third-order valence-electron chi connectivity index (χ3n) is 8.41. The van der Waals surface area contributed by atoms with Crippen LogP contribution in [0.15, 0.2) is 115 Å². The molecule has 2 atom stereocenters. The Morgan fingerprint density at radius 2 is 1.68 bits per heavy atom. The molecule has 0 radical (unpaired) electrons. The largest absolute Gasteiger partial charge is 0.364 e. The summed E-state index contributed by atoms with van der Waals surface area (Å²) in [6.45, 7) is 16.9. The average Bonchev–Trinajstić information content (AvgIpc) is 2.95. The highest BCUT2D eigenvalue weighted by molar-refractivity contribution is 5.76. The summed E-state index contributed by atoms with van der Waals surface area (Å²) in [4.78, 5) is 2.60. The van der Waals surface area contributed by atoms with Crippen LogP contribution in [-0.4, -0.2) is 17.5 Å². The van der Waals surface area contributed by atoms with Crippen LogP contribution in [0.3, 0.4) is 0 Å². The second kappa shape index (κ2) is 11.6. The van der Waals surface area contributed by atoms with Gasteiger partial charge in [0.15, 0.2) is 0 Å². The molecule has 0 bridgehead atoms. The third-order valence-corrected chi connectivity index (χ3v) is 8.41. The first kappa shape index (κ1) is 26.5. The summed E-state index contributed by atoms with van der Waals surface area (Å²) in [6.07, 6.45) is 11.1. The van der Waals surface area contributed by atoms with Crippen molar-refractivity contribution in [2.24, 2.45) is 0 Å². The molecule has 3 aromatic rings. The van der Waals surface area contributed by atoms with Crippen LogP contribution in [0.1, 0.15) is 61.9 Å². The van der Waals surface area contributed by atoms with E-state index in [2.05, 4.69) is 149 Å². The quantitative estimate of drug-likeness (QED) is 0.272. The van der Waals surface area contributed by atoms with E-state index in [4.69, 9.17) is 0 Å². The molecule has 37 heavy (non-hydrogen) atoms. The fourth-order valence-electron chi connectivity index (χ4n) is 5.56. The Kier molecular flexibility index (Phi) is 8.34. The number of benzene rings is 3. The first-order valence-electron chi connectivity index (χ1n) is 13.6. The van der Waals surface area contributed by atoms with E-state index in [0.29, 0.717) is 6.04 Å². The minimum atomic E-state index is -0.0122. The molecule has 0 amide bonds. The molecule has 1 aliphatic heterocycles. The van der Waals surface area contributed by atoms with Crippen molar-refractivity contribution < 1.29 is 0 Å². The second-order valence-electron chi connectivity index (χ2n) is 10.5. The lowest BCUT2D eigenvalue weighted by atomic mass is 9.71. The van der Waals surface area contributed by atoms with E-state index < -0.39 is 0 Å². The average molecular weight is 488 g/mol. The molecular weight excluding hydrogens is 446 g/mol. The molecule has 1 heterocycles. The molecule has 0 N–H and O–H groups in total. The summed E-state index contributed by atoms with van der Waals surface area (Å²) in [5.41, 5.74) is 10.3. The number of nitrogens with zero attached hydrogens (tertiary/aromatic N) is 1. The Labute approximate surface area is 224 Å². The number of hydrogen-bond acceptors (Lipinski definition) is 1. The van der Waals surface area contributed by atoms with Gasteiger partial charge in [0.25, 0.3) is 0 Å². The second-order valence-corrected chi connectivity index (χ2v) is 10.5. The van der Waals surface area contributed by atoms with Gasteiger partial charge < -0.3 is 4.90 Å². The maximum atomic E-state index is 4.37. The van der Waals surface area contributed by atoms with Gasteiger partial charge in [0.05, 0.1) is 0 Å². The summed E-state index contributed by atoms with van der Waals surface area (Å²) < 4.78 is 0. The van der Waals surface area contributed by atoms with E-state index in [9.17, 15) is 0 Å². The Balaban J connectivity index is 1.65. The van der Waals surface area contributed by atoms with Crippen molar-refractivity contribution in [1.82, 2.24) is 4.90 Å². The van der Waals surface area contributed by atoms with E-state index in [1.165, 1.54) is 39.1 Å². The molecular formula is C36H41N. The van der Waals surface area contributed by atoms with Crippen LogP contribution >= 0.6 is 0 Å². The molecule has 1 heteroatoms. The summed E-state index contributed by atoms with van der Waals surface area (Å²) in [6, 6.07) is 28.6. The fraction of sp³-hybridized carbons (Fsp3) is 0.278. The normalized spacial score (nSPS) is 16.2. The Morgan fingerprint density at radius 1 is 1.00 bits per heavy atom. The predicted molar refractivity (Wildman–Crippen MR) is 161 cm³/mol. The first-order chi connectivity index (χ1) is 17.9. The summed E-state index contributed by atoms with van der Waals surface area (Å²) >= 11 is 0. The minimum absolute atomic E-state index is 0.0122. The molecule has 1 nitrogen and oxygen atoms in total. The van der Waals surface area contributed by atoms with Gasteiger partial charge in [-0.05, 0) is 73.1 Å². The van der Waals surface area contributed by atoms with Crippen molar-refractivity contribution in [1.29, 1.82) is 0 Å². The minimum Gasteiger partial charge on any atom is -0.364 e. The van der Waals surface area contributed by atoms with Crippen molar-refractivity contribution in [2.75, 3.05) is 6.54 Å². The highest BCUT2D eigenvalue weighted by atomic mass is 15.2. The molecule has 0 aliphatic carbocycles. The zero-order valence-corrected chi connectivity index (χ0v) is 23.2. The molecule has 0 spiro atoms. The van der Waals surface area contributed by atoms with E-state index >= 15 is 0 Å². The van der Waals surface area contributed by atoms with Crippen LogP contribution < -0.4 is 0 Å². The molecule has 3 aromatic carbocycles. The van der Waals surface area contributed by atoms with E-state index in [1.807, 2.05) is 0 Å². The van der Waals surface area contributed by atoms with E-state index in [1.54, 1.807) is 0 Å². The first-order valence-corrected chi connectivity index (χ1v) is 13.6. The lowest BCUT2D eigenvalue weighted by Crippen LogP contribution is -2.47. The predicted octanol–water partition coefficient (Wildman–Crippen LogP) is 9.17. The smallest absolute Gasteiger partial charge is 0.0447 e. The number of aryl methyl sites for hydroxylation is 1. The Hall–Kier alpha value is -3.58. The SMILES string of the molecule is C=C(/C(C)=C\Cc1ccccc1C(C)(CC)C(C)N1CC=CC=C1c1ccccc1C)c1ccccc1. The van der Waals surface area contributed by atoms with Gasteiger partial charge in [-0.2, -0.15) is 0 Å². The van der Waals surface area contributed by atoms with Crippen molar-refractivity contribution in [3.05, 3.63) is 143 Å². The lowest BCUT2D eigenvalue weighted by Gasteiger charge is -2.46. The van der Waals surface area contributed by atoms with Crippen LogP contribution in [0.2, 0.25) is 0 Å². The van der Waals surface area contributed by atoms with Crippen LogP contribution in [0.4, 0.5) is 0 Å². The number of hydrogen-bond donors (Lipinski definition) is 0. The zero-order chi connectivity index (χ0) is 26.4. The molecule has 2 unspecified atom stereocenters. The molecule has 0 aromatic heterocycles. The molecule has 0 saturated heterocycles. The van der Waals surface area contributed by atoms with Crippen molar-refractivity contribution in [3.8, 4) is 0 Å². The zero-order valence-electron chi connectivity index (χ0n) is 23.2. The van der Waals surface area contributed by atoms with Gasteiger partial charge in [0, 0.05) is 29.3 Å². The Bertz CT molecular complexity index is 1320. The van der Waals surface area contributed by atoms with Crippen LogP contribution in [-0.2, 0) is 11.8 Å². The van der Waals surface area contributed by atoms with E-state index in [-0.39, 0.29) is 5.41 Å². The topological polar surface area (TPSA) is 3.24 Å². The lowest BCUT2D eigenvalue weighted by molar-refractivity contribution is 0.212. The molecule has 0 saturated carbocycles. The summed E-state index contributed by atoms with van der Waals surface area (Å²) in [5, 5.41) is 0. The van der Waals surface area contributed by atoms with Crippen LogP contribution in [0, 0.1) is 6.92 Å². The number of rotatable bonds is 9. The third kappa shape index (κ3) is 5.57. The summed E-state index contributed by atoms with van der Waals surface area (Å²) in [5.74, 6) is 0. The van der Waals surface area contributed by atoms with Gasteiger partial charge in [-0.3, -0.25) is 0 Å².